The molecule has 0 radical (unpaired) electrons. The topological polar surface area (TPSA) is 80.9 Å². The van der Waals surface area contributed by atoms with Crippen LogP contribution in [-0.4, -0.2) is 30.8 Å². The number of aryl methyl sites for hydroxylation is 2. The van der Waals surface area contributed by atoms with Gasteiger partial charge in [-0.2, -0.15) is 5.10 Å². The zero-order chi connectivity index (χ0) is 23.1. The van der Waals surface area contributed by atoms with Crippen molar-refractivity contribution >= 4 is 39.1 Å². The minimum atomic E-state index is -0.868. The molecular formula is C25H19ClN4O2S. The lowest BCUT2D eigenvalue weighted by Gasteiger charge is -2.13. The molecule has 0 spiro atoms. The van der Waals surface area contributed by atoms with E-state index in [2.05, 4.69) is 10.1 Å². The molecule has 5 aromatic rings. The molecule has 0 atom stereocenters. The number of carboxylic acids is 1. The Hall–Kier alpha value is -3.55. The number of thiazole rings is 1. The van der Waals surface area contributed by atoms with Gasteiger partial charge in [0.05, 0.1) is 28.5 Å². The predicted molar refractivity (Wildman–Crippen MR) is 132 cm³/mol. The molecule has 0 saturated carbocycles. The number of hydrogen-bond donors (Lipinski definition) is 1. The van der Waals surface area contributed by atoms with Gasteiger partial charge < -0.3 is 5.11 Å². The smallest absolute Gasteiger partial charge is 0.307 e. The maximum Gasteiger partial charge on any atom is 0.307 e. The molecule has 164 valence electrons. The van der Waals surface area contributed by atoms with E-state index in [0.717, 1.165) is 54.3 Å². The third kappa shape index (κ3) is 4.13. The lowest BCUT2D eigenvalue weighted by atomic mass is 9.93. The summed E-state index contributed by atoms with van der Waals surface area (Å²) in [5.74, 6) is -0.868. The molecule has 2 aromatic carbocycles. The van der Waals surface area contributed by atoms with E-state index in [1.807, 2.05) is 62.6 Å². The van der Waals surface area contributed by atoms with Gasteiger partial charge in [0, 0.05) is 41.2 Å². The van der Waals surface area contributed by atoms with Gasteiger partial charge in [-0.3, -0.25) is 14.5 Å². The lowest BCUT2D eigenvalue weighted by molar-refractivity contribution is -0.136. The van der Waals surface area contributed by atoms with Crippen molar-refractivity contribution in [2.45, 2.75) is 13.3 Å². The molecule has 3 aromatic heterocycles. The van der Waals surface area contributed by atoms with E-state index in [-0.39, 0.29) is 6.42 Å². The third-order valence-electron chi connectivity index (χ3n) is 5.48. The number of carboxylic acid groups (broad SMARTS) is 1. The Morgan fingerprint density at radius 3 is 2.61 bits per heavy atom. The van der Waals surface area contributed by atoms with Crippen LogP contribution in [0.3, 0.4) is 0 Å². The number of nitrogens with zero attached hydrogens (tertiary/aromatic N) is 4. The van der Waals surface area contributed by atoms with Crippen LogP contribution in [0.4, 0.5) is 0 Å². The van der Waals surface area contributed by atoms with Crippen molar-refractivity contribution in [3.8, 4) is 33.0 Å². The Morgan fingerprint density at radius 1 is 1.12 bits per heavy atom. The highest BCUT2D eigenvalue weighted by molar-refractivity contribution is 7.22. The number of rotatable bonds is 5. The van der Waals surface area contributed by atoms with Gasteiger partial charge in [0.25, 0.3) is 0 Å². The van der Waals surface area contributed by atoms with Crippen LogP contribution in [0.25, 0.3) is 43.2 Å². The average Bonchev–Trinajstić information content (AvgIpc) is 3.41. The predicted octanol–water partition coefficient (Wildman–Crippen LogP) is 6.01. The van der Waals surface area contributed by atoms with Crippen LogP contribution in [0, 0.1) is 6.92 Å². The molecule has 0 aliphatic heterocycles. The number of aromatic nitrogens is 4. The Labute approximate surface area is 199 Å². The molecule has 5 rings (SSSR count). The van der Waals surface area contributed by atoms with Crippen molar-refractivity contribution in [1.82, 2.24) is 19.7 Å². The van der Waals surface area contributed by atoms with Crippen LogP contribution < -0.4 is 0 Å². The standard InChI is InChI=1S/C25H19ClN4O2S/c1-14-9-21-24(23(19(14)11-22(31)32)15-3-5-18(26)6-4-15)33-25(29-21)16-7-8-27-20(10-16)17-12-28-30(2)13-17/h3-10,12-13H,11H2,1-2H3,(H,31,32). The van der Waals surface area contributed by atoms with E-state index in [9.17, 15) is 9.90 Å². The van der Waals surface area contributed by atoms with E-state index in [1.165, 1.54) is 0 Å². The first kappa shape index (κ1) is 21.3. The Kier molecular flexibility index (Phi) is 5.44. The first-order valence-corrected chi connectivity index (χ1v) is 11.4. The number of pyridine rings is 1. The molecule has 8 heteroatoms. The van der Waals surface area contributed by atoms with Crippen LogP contribution >= 0.6 is 22.9 Å². The molecule has 0 fully saturated rings. The third-order valence-corrected chi connectivity index (χ3v) is 6.87. The van der Waals surface area contributed by atoms with Gasteiger partial charge in [-0.1, -0.05) is 23.7 Å². The van der Waals surface area contributed by atoms with Gasteiger partial charge in [-0.05, 0) is 53.9 Å². The van der Waals surface area contributed by atoms with Crippen molar-refractivity contribution in [2.75, 3.05) is 0 Å². The minimum absolute atomic E-state index is 0.0621. The second-order valence-electron chi connectivity index (χ2n) is 7.82. The molecular weight excluding hydrogens is 456 g/mol. The monoisotopic (exact) mass is 474 g/mol. The average molecular weight is 475 g/mol. The second-order valence-corrected chi connectivity index (χ2v) is 9.26. The van der Waals surface area contributed by atoms with Gasteiger partial charge in [-0.15, -0.1) is 11.3 Å². The number of fused-ring (bicyclic) bond motifs is 1. The van der Waals surface area contributed by atoms with Crippen molar-refractivity contribution in [2.24, 2.45) is 7.05 Å². The normalized spacial score (nSPS) is 11.2. The molecule has 3 heterocycles. The van der Waals surface area contributed by atoms with Gasteiger partial charge in [0.15, 0.2) is 0 Å². The van der Waals surface area contributed by atoms with Crippen molar-refractivity contribution < 1.29 is 9.90 Å². The highest BCUT2D eigenvalue weighted by atomic mass is 35.5. The van der Waals surface area contributed by atoms with Gasteiger partial charge in [0.2, 0.25) is 0 Å². The summed E-state index contributed by atoms with van der Waals surface area (Å²) in [5, 5.41) is 15.3. The van der Waals surface area contributed by atoms with Gasteiger partial charge >= 0.3 is 5.97 Å². The van der Waals surface area contributed by atoms with Gasteiger partial charge in [-0.25, -0.2) is 4.98 Å². The molecule has 0 aliphatic rings. The summed E-state index contributed by atoms with van der Waals surface area (Å²) < 4.78 is 2.70. The number of halogens is 1. The number of aliphatic carboxylic acids is 1. The number of benzene rings is 2. The molecule has 0 unspecified atom stereocenters. The minimum Gasteiger partial charge on any atom is -0.481 e. The van der Waals surface area contributed by atoms with Crippen molar-refractivity contribution in [3.05, 3.63) is 77.2 Å². The summed E-state index contributed by atoms with van der Waals surface area (Å²) in [6.07, 6.45) is 5.41. The van der Waals surface area contributed by atoms with Crippen molar-refractivity contribution in [1.29, 1.82) is 0 Å². The van der Waals surface area contributed by atoms with Crippen LogP contribution in [-0.2, 0) is 18.3 Å². The molecule has 1 N–H and O–H groups in total. The second kappa shape index (κ2) is 8.42. The van der Waals surface area contributed by atoms with Crippen LogP contribution in [0.5, 0.6) is 0 Å². The van der Waals surface area contributed by atoms with E-state index >= 15 is 0 Å². The SMILES string of the molecule is Cc1cc2nc(-c3ccnc(-c4cnn(C)c4)c3)sc2c(-c2ccc(Cl)cc2)c1CC(=O)O. The first-order valence-electron chi connectivity index (χ1n) is 10.3. The maximum atomic E-state index is 11.6. The molecule has 0 bridgehead atoms. The molecule has 0 aliphatic carbocycles. The van der Waals surface area contributed by atoms with Crippen LogP contribution in [0.15, 0.2) is 61.1 Å². The largest absolute Gasteiger partial charge is 0.481 e. The zero-order valence-corrected chi connectivity index (χ0v) is 19.5. The van der Waals surface area contributed by atoms with Gasteiger partial charge in [0.1, 0.15) is 5.01 Å². The summed E-state index contributed by atoms with van der Waals surface area (Å²) in [4.78, 5) is 21.0. The van der Waals surface area contributed by atoms with E-state index in [1.54, 1.807) is 28.4 Å². The van der Waals surface area contributed by atoms with E-state index in [0.29, 0.717) is 5.02 Å². The summed E-state index contributed by atoms with van der Waals surface area (Å²) in [6.45, 7) is 1.93. The Balaban J connectivity index is 1.70. The summed E-state index contributed by atoms with van der Waals surface area (Å²) in [5.41, 5.74) is 7.05. The fourth-order valence-electron chi connectivity index (χ4n) is 3.93. The molecule has 0 amide bonds. The molecule has 6 nitrogen and oxygen atoms in total. The summed E-state index contributed by atoms with van der Waals surface area (Å²) >= 11 is 7.66. The first-order chi connectivity index (χ1) is 15.9. The number of hydrogen-bond acceptors (Lipinski definition) is 5. The molecule has 33 heavy (non-hydrogen) atoms. The number of carbonyl (C=O) groups is 1. The summed E-state index contributed by atoms with van der Waals surface area (Å²) in [7, 11) is 1.87. The Bertz CT molecular complexity index is 1510. The fraction of sp³-hybridized carbons (Fsp3) is 0.120. The quantitative estimate of drug-likeness (QED) is 0.337. The lowest BCUT2D eigenvalue weighted by Crippen LogP contribution is -2.04. The Morgan fingerprint density at radius 2 is 1.91 bits per heavy atom. The highest BCUT2D eigenvalue weighted by Gasteiger charge is 2.19. The maximum absolute atomic E-state index is 11.6. The fourth-order valence-corrected chi connectivity index (χ4v) is 5.20. The summed E-state index contributed by atoms with van der Waals surface area (Å²) in [6, 6.07) is 13.4. The van der Waals surface area contributed by atoms with Crippen LogP contribution in [0.1, 0.15) is 11.1 Å². The highest BCUT2D eigenvalue weighted by Crippen LogP contribution is 2.41. The van der Waals surface area contributed by atoms with Crippen molar-refractivity contribution in [3.63, 3.8) is 0 Å². The zero-order valence-electron chi connectivity index (χ0n) is 17.9. The van der Waals surface area contributed by atoms with E-state index in [4.69, 9.17) is 16.6 Å². The molecule has 0 saturated heterocycles. The van der Waals surface area contributed by atoms with E-state index < -0.39 is 5.97 Å². The van der Waals surface area contributed by atoms with Crippen LogP contribution in [0.2, 0.25) is 5.02 Å².